The summed E-state index contributed by atoms with van der Waals surface area (Å²) in [5.74, 6) is -2.84. The molecule has 0 bridgehead atoms. The van der Waals surface area contributed by atoms with Gasteiger partial charge in [-0.1, -0.05) is 0 Å². The summed E-state index contributed by atoms with van der Waals surface area (Å²) in [6.07, 6.45) is -9.50. The van der Waals surface area contributed by atoms with Crippen LogP contribution in [0.2, 0.25) is 0 Å². The molecule has 0 unspecified atom stereocenters. The highest BCUT2D eigenvalue weighted by Crippen LogP contribution is 2.29. The standard InChI is InChI=1S/C7H14O8/c8-1-2-3(9)4(10)5(11)7(14,15-2)6(12)13/h2-6,8-14H,1H2/t2-,3+,4+,5-,7-/m1/s1. The van der Waals surface area contributed by atoms with Gasteiger partial charge < -0.3 is 40.5 Å². The van der Waals surface area contributed by atoms with Crippen LogP contribution in [-0.2, 0) is 4.74 Å². The topological polar surface area (TPSA) is 151 Å². The molecule has 0 spiro atoms. The largest absolute Gasteiger partial charge is 0.394 e. The van der Waals surface area contributed by atoms with E-state index in [1.54, 1.807) is 0 Å². The monoisotopic (exact) mass is 226 g/mol. The van der Waals surface area contributed by atoms with Gasteiger partial charge in [0.2, 0.25) is 12.1 Å². The van der Waals surface area contributed by atoms with Gasteiger partial charge in [0.25, 0.3) is 0 Å². The van der Waals surface area contributed by atoms with Crippen LogP contribution in [0, 0.1) is 0 Å². The van der Waals surface area contributed by atoms with Gasteiger partial charge in [0.15, 0.2) is 0 Å². The molecule has 8 nitrogen and oxygen atoms in total. The lowest BCUT2D eigenvalue weighted by Crippen LogP contribution is -2.69. The molecule has 0 aromatic carbocycles. The second-order valence-corrected chi connectivity index (χ2v) is 3.39. The van der Waals surface area contributed by atoms with Gasteiger partial charge in [0.1, 0.15) is 24.4 Å². The molecule has 0 aliphatic carbocycles. The third-order valence-corrected chi connectivity index (χ3v) is 2.37. The second-order valence-electron chi connectivity index (χ2n) is 3.39. The molecular formula is C7H14O8. The van der Waals surface area contributed by atoms with Crippen LogP contribution in [0.15, 0.2) is 0 Å². The smallest absolute Gasteiger partial charge is 0.247 e. The van der Waals surface area contributed by atoms with Crippen LogP contribution in [0.5, 0.6) is 0 Å². The average Bonchev–Trinajstić information content (AvgIpc) is 2.20. The van der Waals surface area contributed by atoms with Crippen LogP contribution < -0.4 is 0 Å². The van der Waals surface area contributed by atoms with E-state index in [4.69, 9.17) is 15.3 Å². The highest BCUT2D eigenvalue weighted by Gasteiger charge is 2.56. The molecule has 1 aliphatic rings. The van der Waals surface area contributed by atoms with Crippen LogP contribution in [-0.4, -0.2) is 78.8 Å². The SMILES string of the molecule is OC[C@H]1O[C@@](O)(C(O)O)[C@H](O)[C@@H](O)[C@H]1O. The zero-order chi connectivity index (χ0) is 11.8. The van der Waals surface area contributed by atoms with E-state index in [1.165, 1.54) is 0 Å². The number of aliphatic hydroxyl groups excluding tert-OH is 5. The maximum atomic E-state index is 9.45. The Hall–Kier alpha value is -0.320. The Labute approximate surface area is 84.6 Å². The van der Waals surface area contributed by atoms with Crippen molar-refractivity contribution >= 4 is 0 Å². The molecule has 1 heterocycles. The molecule has 0 amide bonds. The summed E-state index contributed by atoms with van der Waals surface area (Å²) >= 11 is 0. The Balaban J connectivity index is 2.92. The molecule has 1 saturated heterocycles. The van der Waals surface area contributed by atoms with Gasteiger partial charge in [-0.2, -0.15) is 0 Å². The average molecular weight is 226 g/mol. The maximum Gasteiger partial charge on any atom is 0.247 e. The number of hydrogen-bond donors (Lipinski definition) is 7. The first-order chi connectivity index (χ1) is 6.84. The minimum absolute atomic E-state index is 0.764. The number of rotatable bonds is 2. The Morgan fingerprint density at radius 1 is 1.13 bits per heavy atom. The van der Waals surface area contributed by atoms with Crippen LogP contribution in [0.4, 0.5) is 0 Å². The van der Waals surface area contributed by atoms with E-state index in [0.29, 0.717) is 0 Å². The lowest BCUT2D eigenvalue weighted by Gasteiger charge is -2.45. The van der Waals surface area contributed by atoms with Crippen molar-refractivity contribution in [3.05, 3.63) is 0 Å². The minimum Gasteiger partial charge on any atom is -0.394 e. The third kappa shape index (κ3) is 1.98. The van der Waals surface area contributed by atoms with Crippen LogP contribution >= 0.6 is 0 Å². The van der Waals surface area contributed by atoms with Crippen molar-refractivity contribution in [1.82, 2.24) is 0 Å². The minimum atomic E-state index is -2.84. The summed E-state index contributed by atoms with van der Waals surface area (Å²) in [6.45, 7) is -0.764. The molecule has 5 atom stereocenters. The molecule has 7 N–H and O–H groups in total. The summed E-state index contributed by atoms with van der Waals surface area (Å²) in [6, 6.07) is 0. The van der Waals surface area contributed by atoms with Crippen LogP contribution in [0.1, 0.15) is 0 Å². The van der Waals surface area contributed by atoms with Gasteiger partial charge in [-0.3, -0.25) is 0 Å². The number of hydrogen-bond acceptors (Lipinski definition) is 8. The highest BCUT2D eigenvalue weighted by molar-refractivity contribution is 4.96. The van der Waals surface area contributed by atoms with Gasteiger partial charge in [-0.05, 0) is 0 Å². The molecular weight excluding hydrogens is 212 g/mol. The van der Waals surface area contributed by atoms with Crippen molar-refractivity contribution < 1.29 is 40.5 Å². The van der Waals surface area contributed by atoms with Gasteiger partial charge in [-0.25, -0.2) is 0 Å². The lowest BCUT2D eigenvalue weighted by atomic mass is 9.92. The molecule has 1 fully saturated rings. The Morgan fingerprint density at radius 3 is 2.07 bits per heavy atom. The Bertz CT molecular complexity index is 219. The third-order valence-electron chi connectivity index (χ3n) is 2.37. The predicted octanol–water partition coefficient (Wildman–Crippen LogP) is -4.54. The van der Waals surface area contributed by atoms with Crippen molar-refractivity contribution in [2.75, 3.05) is 6.61 Å². The normalized spacial score (nSPS) is 47.2. The summed E-state index contributed by atoms with van der Waals surface area (Å²) in [4.78, 5) is 0. The Kier molecular flexibility index (Phi) is 3.63. The van der Waals surface area contributed by atoms with Gasteiger partial charge in [-0.15, -0.1) is 0 Å². The zero-order valence-electron chi connectivity index (χ0n) is 7.63. The van der Waals surface area contributed by atoms with Gasteiger partial charge >= 0.3 is 0 Å². The van der Waals surface area contributed by atoms with E-state index in [1.807, 2.05) is 0 Å². The van der Waals surface area contributed by atoms with E-state index in [9.17, 15) is 20.4 Å². The van der Waals surface area contributed by atoms with E-state index < -0.39 is 43.1 Å². The summed E-state index contributed by atoms with van der Waals surface area (Å²) < 4.78 is 4.53. The van der Waals surface area contributed by atoms with Crippen molar-refractivity contribution in [3.63, 3.8) is 0 Å². The first-order valence-corrected chi connectivity index (χ1v) is 4.26. The van der Waals surface area contributed by atoms with Crippen LogP contribution in [0.3, 0.4) is 0 Å². The number of aliphatic hydroxyl groups is 7. The summed E-state index contributed by atoms with van der Waals surface area (Å²) in [5, 5.41) is 63.5. The number of ether oxygens (including phenoxy) is 1. The van der Waals surface area contributed by atoms with Gasteiger partial charge in [0, 0.05) is 0 Å². The first kappa shape index (κ1) is 12.7. The molecule has 90 valence electrons. The van der Waals surface area contributed by atoms with Crippen molar-refractivity contribution in [3.8, 4) is 0 Å². The lowest BCUT2D eigenvalue weighted by molar-refractivity contribution is -0.404. The molecule has 0 radical (unpaired) electrons. The maximum absolute atomic E-state index is 9.45. The Morgan fingerprint density at radius 2 is 1.67 bits per heavy atom. The molecule has 8 heteroatoms. The van der Waals surface area contributed by atoms with Crippen molar-refractivity contribution in [2.45, 2.75) is 36.5 Å². The van der Waals surface area contributed by atoms with Crippen molar-refractivity contribution in [1.29, 1.82) is 0 Å². The molecule has 0 saturated carbocycles. The van der Waals surface area contributed by atoms with Crippen LogP contribution in [0.25, 0.3) is 0 Å². The first-order valence-electron chi connectivity index (χ1n) is 4.26. The predicted molar refractivity (Wildman–Crippen MR) is 43.2 cm³/mol. The second kappa shape index (κ2) is 4.28. The van der Waals surface area contributed by atoms with E-state index in [0.717, 1.165) is 0 Å². The highest BCUT2D eigenvalue weighted by atomic mass is 16.7. The summed E-state index contributed by atoms with van der Waals surface area (Å²) in [5.41, 5.74) is 0. The van der Waals surface area contributed by atoms with Gasteiger partial charge in [0.05, 0.1) is 6.61 Å². The molecule has 0 aromatic heterocycles. The fourth-order valence-electron chi connectivity index (χ4n) is 1.39. The van der Waals surface area contributed by atoms with Crippen molar-refractivity contribution in [2.24, 2.45) is 0 Å². The quantitative estimate of drug-likeness (QED) is 0.233. The molecule has 1 rings (SSSR count). The molecule has 1 aliphatic heterocycles. The zero-order valence-corrected chi connectivity index (χ0v) is 7.63. The fourth-order valence-corrected chi connectivity index (χ4v) is 1.39. The fraction of sp³-hybridized carbons (Fsp3) is 1.00. The molecule has 15 heavy (non-hydrogen) atoms. The van der Waals surface area contributed by atoms with E-state index >= 15 is 0 Å². The molecule has 0 aromatic rings. The summed E-state index contributed by atoms with van der Waals surface area (Å²) in [7, 11) is 0. The van der Waals surface area contributed by atoms with E-state index in [2.05, 4.69) is 4.74 Å². The van der Waals surface area contributed by atoms with E-state index in [-0.39, 0.29) is 0 Å².